The Hall–Kier alpha value is -2.34. The van der Waals surface area contributed by atoms with Crippen molar-refractivity contribution in [2.24, 2.45) is 0 Å². The van der Waals surface area contributed by atoms with Gasteiger partial charge in [-0.2, -0.15) is 0 Å². The second-order valence-corrected chi connectivity index (χ2v) is 4.98. The number of nitrogens with one attached hydrogen (secondary N) is 1. The Morgan fingerprint density at radius 1 is 1.29 bits per heavy atom. The number of methoxy groups -OCH3 is 1. The summed E-state index contributed by atoms with van der Waals surface area (Å²) in [6, 6.07) is 3.64. The SMILES string of the molecule is CNc1nnc(-c2c(C)cc(Cl)cc2OC)n2ccnc12. The average Bonchev–Trinajstić information content (AvgIpc) is 2.95. The molecule has 0 atom stereocenters. The van der Waals surface area contributed by atoms with Gasteiger partial charge in [0.2, 0.25) is 0 Å². The molecule has 0 fully saturated rings. The number of hydrogen-bond donors (Lipinski definition) is 1. The fraction of sp³-hybridized carbons (Fsp3) is 0.214. The summed E-state index contributed by atoms with van der Waals surface area (Å²) in [4.78, 5) is 4.31. The molecule has 0 saturated heterocycles. The van der Waals surface area contributed by atoms with Crippen molar-refractivity contribution in [2.45, 2.75) is 6.92 Å². The van der Waals surface area contributed by atoms with E-state index in [4.69, 9.17) is 16.3 Å². The van der Waals surface area contributed by atoms with Gasteiger partial charge in [-0.1, -0.05) is 11.6 Å². The van der Waals surface area contributed by atoms with Crippen LogP contribution in [0, 0.1) is 6.92 Å². The number of halogens is 1. The van der Waals surface area contributed by atoms with Crippen molar-refractivity contribution in [3.8, 4) is 17.1 Å². The summed E-state index contributed by atoms with van der Waals surface area (Å²) >= 11 is 6.09. The molecule has 0 saturated carbocycles. The van der Waals surface area contributed by atoms with E-state index in [1.165, 1.54) is 0 Å². The van der Waals surface area contributed by atoms with Gasteiger partial charge < -0.3 is 10.1 Å². The van der Waals surface area contributed by atoms with E-state index < -0.39 is 0 Å². The van der Waals surface area contributed by atoms with Crippen molar-refractivity contribution in [1.82, 2.24) is 19.6 Å². The van der Waals surface area contributed by atoms with Crippen molar-refractivity contribution in [3.63, 3.8) is 0 Å². The van der Waals surface area contributed by atoms with E-state index in [1.807, 2.05) is 23.6 Å². The van der Waals surface area contributed by atoms with E-state index in [9.17, 15) is 0 Å². The Morgan fingerprint density at radius 3 is 2.81 bits per heavy atom. The molecule has 3 rings (SSSR count). The zero-order chi connectivity index (χ0) is 15.0. The minimum atomic E-state index is 0.620. The minimum absolute atomic E-state index is 0.620. The number of imidazole rings is 1. The van der Waals surface area contributed by atoms with E-state index in [2.05, 4.69) is 20.5 Å². The molecule has 0 bridgehead atoms. The van der Waals surface area contributed by atoms with Crippen molar-refractivity contribution in [2.75, 3.05) is 19.5 Å². The topological polar surface area (TPSA) is 64.3 Å². The van der Waals surface area contributed by atoms with Crippen LogP contribution >= 0.6 is 11.6 Å². The first kappa shape index (κ1) is 13.6. The van der Waals surface area contributed by atoms with Crippen LogP contribution in [-0.4, -0.2) is 33.7 Å². The normalized spacial score (nSPS) is 10.9. The first-order valence-electron chi connectivity index (χ1n) is 6.37. The van der Waals surface area contributed by atoms with Crippen molar-refractivity contribution in [3.05, 3.63) is 35.1 Å². The molecule has 108 valence electrons. The molecule has 0 amide bonds. The number of aromatic nitrogens is 4. The molecule has 6 nitrogen and oxygen atoms in total. The molecule has 0 aliphatic rings. The highest BCUT2D eigenvalue weighted by Gasteiger charge is 2.17. The van der Waals surface area contributed by atoms with Gasteiger partial charge in [-0.25, -0.2) is 4.98 Å². The van der Waals surface area contributed by atoms with Gasteiger partial charge in [-0.05, 0) is 24.6 Å². The van der Waals surface area contributed by atoms with Gasteiger partial charge in [0.05, 0.1) is 12.7 Å². The van der Waals surface area contributed by atoms with Gasteiger partial charge in [0, 0.05) is 24.5 Å². The lowest BCUT2D eigenvalue weighted by Crippen LogP contribution is -2.05. The van der Waals surface area contributed by atoms with Crippen LogP contribution < -0.4 is 10.1 Å². The zero-order valence-corrected chi connectivity index (χ0v) is 12.6. The van der Waals surface area contributed by atoms with Crippen LogP contribution in [-0.2, 0) is 0 Å². The summed E-state index contributed by atoms with van der Waals surface area (Å²) in [5, 5.41) is 12.1. The summed E-state index contributed by atoms with van der Waals surface area (Å²) in [5.74, 6) is 1.93. The Kier molecular flexibility index (Phi) is 3.39. The van der Waals surface area contributed by atoms with Crippen LogP contribution in [0.5, 0.6) is 5.75 Å². The molecular weight excluding hydrogens is 290 g/mol. The monoisotopic (exact) mass is 303 g/mol. The fourth-order valence-electron chi connectivity index (χ4n) is 2.33. The summed E-state index contributed by atoms with van der Waals surface area (Å²) in [5.41, 5.74) is 2.51. The van der Waals surface area contributed by atoms with Crippen LogP contribution in [0.4, 0.5) is 5.82 Å². The number of benzene rings is 1. The maximum absolute atomic E-state index is 6.09. The van der Waals surface area contributed by atoms with E-state index >= 15 is 0 Å². The molecule has 0 spiro atoms. The standard InChI is InChI=1S/C14H14ClN5O/c1-8-6-9(15)7-10(21-3)11(8)13-19-18-12(16-2)14-17-4-5-20(13)14/h4-7H,1-3H3,(H,16,18). The number of aryl methyl sites for hydroxylation is 1. The number of fused-ring (bicyclic) bond motifs is 1. The number of rotatable bonds is 3. The van der Waals surface area contributed by atoms with Crippen molar-refractivity contribution in [1.29, 1.82) is 0 Å². The van der Waals surface area contributed by atoms with Gasteiger partial charge in [0.25, 0.3) is 0 Å². The van der Waals surface area contributed by atoms with Crippen molar-refractivity contribution < 1.29 is 4.74 Å². The molecule has 0 radical (unpaired) electrons. The Labute approximate surface area is 126 Å². The van der Waals surface area contributed by atoms with Gasteiger partial charge >= 0.3 is 0 Å². The summed E-state index contributed by atoms with van der Waals surface area (Å²) in [6.07, 6.45) is 3.55. The highest BCUT2D eigenvalue weighted by Crippen LogP contribution is 2.35. The third kappa shape index (κ3) is 2.17. The number of nitrogens with zero attached hydrogens (tertiary/aromatic N) is 4. The average molecular weight is 304 g/mol. The van der Waals surface area contributed by atoms with Gasteiger partial charge in [0.15, 0.2) is 17.3 Å². The molecule has 1 aromatic carbocycles. The number of ether oxygens (including phenoxy) is 1. The molecule has 21 heavy (non-hydrogen) atoms. The van der Waals surface area contributed by atoms with Crippen LogP contribution in [0.25, 0.3) is 17.0 Å². The predicted molar refractivity (Wildman–Crippen MR) is 82.1 cm³/mol. The lowest BCUT2D eigenvalue weighted by atomic mass is 10.1. The van der Waals surface area contributed by atoms with Gasteiger partial charge in [-0.15, -0.1) is 10.2 Å². The summed E-state index contributed by atoms with van der Waals surface area (Å²) < 4.78 is 7.31. The van der Waals surface area contributed by atoms with Gasteiger partial charge in [0.1, 0.15) is 5.75 Å². The summed E-state index contributed by atoms with van der Waals surface area (Å²) in [7, 11) is 3.39. The van der Waals surface area contributed by atoms with Crippen LogP contribution in [0.2, 0.25) is 5.02 Å². The molecule has 1 N–H and O–H groups in total. The Morgan fingerprint density at radius 2 is 2.10 bits per heavy atom. The molecule has 0 unspecified atom stereocenters. The Balaban J connectivity index is 2.34. The zero-order valence-electron chi connectivity index (χ0n) is 11.9. The maximum Gasteiger partial charge on any atom is 0.192 e. The number of hydrogen-bond acceptors (Lipinski definition) is 5. The predicted octanol–water partition coefficient (Wildman–Crippen LogP) is 2.80. The minimum Gasteiger partial charge on any atom is -0.496 e. The van der Waals surface area contributed by atoms with Crippen molar-refractivity contribution >= 4 is 23.1 Å². The lowest BCUT2D eigenvalue weighted by molar-refractivity contribution is 0.415. The largest absolute Gasteiger partial charge is 0.496 e. The van der Waals surface area contributed by atoms with Crippen LogP contribution in [0.1, 0.15) is 5.56 Å². The first-order valence-corrected chi connectivity index (χ1v) is 6.75. The molecule has 2 aromatic heterocycles. The maximum atomic E-state index is 6.09. The quantitative estimate of drug-likeness (QED) is 0.806. The highest BCUT2D eigenvalue weighted by atomic mass is 35.5. The smallest absolute Gasteiger partial charge is 0.192 e. The molecule has 0 aliphatic heterocycles. The first-order chi connectivity index (χ1) is 10.2. The third-order valence-electron chi connectivity index (χ3n) is 3.27. The van der Waals surface area contributed by atoms with Crippen LogP contribution in [0.15, 0.2) is 24.5 Å². The molecular formula is C14H14ClN5O. The fourth-order valence-corrected chi connectivity index (χ4v) is 2.59. The molecule has 0 aliphatic carbocycles. The summed E-state index contributed by atoms with van der Waals surface area (Å²) in [6.45, 7) is 1.96. The van der Waals surface area contributed by atoms with E-state index in [-0.39, 0.29) is 0 Å². The highest BCUT2D eigenvalue weighted by molar-refractivity contribution is 6.31. The molecule has 7 heteroatoms. The second-order valence-electron chi connectivity index (χ2n) is 4.54. The second kappa shape index (κ2) is 5.21. The van der Waals surface area contributed by atoms with E-state index in [0.717, 1.165) is 11.1 Å². The molecule has 2 heterocycles. The molecule has 3 aromatic rings. The number of anilines is 1. The van der Waals surface area contributed by atoms with Crippen LogP contribution in [0.3, 0.4) is 0 Å². The van der Waals surface area contributed by atoms with E-state index in [0.29, 0.717) is 28.1 Å². The van der Waals surface area contributed by atoms with Gasteiger partial charge in [-0.3, -0.25) is 4.40 Å². The third-order valence-corrected chi connectivity index (χ3v) is 3.49. The lowest BCUT2D eigenvalue weighted by Gasteiger charge is -2.13. The van der Waals surface area contributed by atoms with E-state index in [1.54, 1.807) is 26.4 Å². The Bertz CT molecular complexity index is 814.